The van der Waals surface area contributed by atoms with E-state index in [0.29, 0.717) is 19.4 Å². The molecule has 0 radical (unpaired) electrons. The summed E-state index contributed by atoms with van der Waals surface area (Å²) in [6.07, 6.45) is 5.53. The van der Waals surface area contributed by atoms with Crippen molar-refractivity contribution in [2.75, 3.05) is 20.3 Å². The zero-order valence-corrected chi connectivity index (χ0v) is 18.6. The van der Waals surface area contributed by atoms with Crippen molar-refractivity contribution in [3.63, 3.8) is 0 Å². The van der Waals surface area contributed by atoms with Crippen molar-refractivity contribution in [2.45, 2.75) is 44.6 Å². The standard InChI is InChI=1S/C27H30N2O3/c1-31-23-13-10-21(11-14-23)29-22(12-15-26(30)28-18-24-6-4-16-32-24)17-20-9-8-19-5-2-3-7-25(19)27(20)29/h2-3,5,7,10-11,13-14,17,24H,4,6,8-9,12,15-16,18H2,1H3,(H,28,30). The molecule has 1 aliphatic carbocycles. The van der Waals surface area contributed by atoms with Gasteiger partial charge in [0.2, 0.25) is 5.91 Å². The lowest BCUT2D eigenvalue weighted by Gasteiger charge is -2.21. The molecule has 1 unspecified atom stereocenters. The number of nitrogens with zero attached hydrogens (tertiary/aromatic N) is 1. The Hall–Kier alpha value is -3.05. The molecule has 1 fully saturated rings. The number of rotatable bonds is 7. The van der Waals surface area contributed by atoms with Gasteiger partial charge >= 0.3 is 0 Å². The molecule has 0 spiro atoms. The maximum Gasteiger partial charge on any atom is 0.220 e. The van der Waals surface area contributed by atoms with Gasteiger partial charge in [0.1, 0.15) is 5.75 Å². The highest BCUT2D eigenvalue weighted by Gasteiger charge is 2.24. The van der Waals surface area contributed by atoms with Crippen molar-refractivity contribution >= 4 is 5.91 Å². The summed E-state index contributed by atoms with van der Waals surface area (Å²) in [5.41, 5.74) is 7.55. The van der Waals surface area contributed by atoms with Crippen molar-refractivity contribution in [3.8, 4) is 22.7 Å². The number of aryl methyl sites for hydroxylation is 3. The topological polar surface area (TPSA) is 52.5 Å². The summed E-state index contributed by atoms with van der Waals surface area (Å²) in [6.45, 7) is 1.42. The summed E-state index contributed by atoms with van der Waals surface area (Å²) in [5.74, 6) is 0.923. The van der Waals surface area contributed by atoms with Crippen LogP contribution in [-0.2, 0) is 28.8 Å². The highest BCUT2D eigenvalue weighted by Crippen LogP contribution is 2.38. The van der Waals surface area contributed by atoms with Crippen LogP contribution in [0.5, 0.6) is 5.75 Å². The average Bonchev–Trinajstić information content (AvgIpc) is 3.49. The van der Waals surface area contributed by atoms with Crippen LogP contribution in [-0.4, -0.2) is 36.8 Å². The van der Waals surface area contributed by atoms with E-state index in [9.17, 15) is 4.79 Å². The van der Waals surface area contributed by atoms with Gasteiger partial charge in [0.25, 0.3) is 0 Å². The molecule has 0 bridgehead atoms. The number of hydrogen-bond donors (Lipinski definition) is 1. The summed E-state index contributed by atoms with van der Waals surface area (Å²) in [7, 11) is 1.68. The maximum atomic E-state index is 12.6. The van der Waals surface area contributed by atoms with Gasteiger partial charge in [0, 0.05) is 36.5 Å². The Labute approximate surface area is 189 Å². The van der Waals surface area contributed by atoms with E-state index in [-0.39, 0.29) is 12.0 Å². The lowest BCUT2D eigenvalue weighted by Crippen LogP contribution is -2.31. The number of nitrogens with one attached hydrogen (secondary N) is 1. The molecule has 5 nitrogen and oxygen atoms in total. The van der Waals surface area contributed by atoms with E-state index in [1.54, 1.807) is 7.11 Å². The molecule has 1 aromatic heterocycles. The normalized spacial score (nSPS) is 17.0. The van der Waals surface area contributed by atoms with Crippen LogP contribution in [0.2, 0.25) is 0 Å². The van der Waals surface area contributed by atoms with Crippen LogP contribution in [0.4, 0.5) is 0 Å². The number of methoxy groups -OCH3 is 1. The van der Waals surface area contributed by atoms with Crippen LogP contribution in [0, 0.1) is 0 Å². The van der Waals surface area contributed by atoms with E-state index in [1.165, 1.54) is 28.1 Å². The third kappa shape index (κ3) is 4.17. The molecule has 5 rings (SSSR count). The van der Waals surface area contributed by atoms with Crippen molar-refractivity contribution in [2.24, 2.45) is 0 Å². The molecule has 2 aromatic carbocycles. The zero-order chi connectivity index (χ0) is 21.9. The third-order valence-electron chi connectivity index (χ3n) is 6.58. The molecule has 3 aromatic rings. The smallest absolute Gasteiger partial charge is 0.220 e. The molecular formula is C27H30N2O3. The number of amides is 1. The fraction of sp³-hybridized carbons (Fsp3) is 0.370. The van der Waals surface area contributed by atoms with Crippen LogP contribution in [0.15, 0.2) is 54.6 Å². The molecule has 1 saturated heterocycles. The van der Waals surface area contributed by atoms with E-state index in [4.69, 9.17) is 9.47 Å². The van der Waals surface area contributed by atoms with E-state index in [1.807, 2.05) is 12.1 Å². The first-order valence-electron chi connectivity index (χ1n) is 11.6. The summed E-state index contributed by atoms with van der Waals surface area (Å²) in [4.78, 5) is 12.6. The van der Waals surface area contributed by atoms with Gasteiger partial charge in [-0.25, -0.2) is 0 Å². The van der Waals surface area contributed by atoms with Gasteiger partial charge in [-0.15, -0.1) is 0 Å². The van der Waals surface area contributed by atoms with Crippen LogP contribution in [0.3, 0.4) is 0 Å². The van der Waals surface area contributed by atoms with Crippen molar-refractivity contribution in [1.29, 1.82) is 0 Å². The van der Waals surface area contributed by atoms with Crippen LogP contribution in [0.1, 0.15) is 36.1 Å². The van der Waals surface area contributed by atoms with Crippen molar-refractivity contribution in [3.05, 3.63) is 71.4 Å². The van der Waals surface area contributed by atoms with E-state index < -0.39 is 0 Å². The molecule has 5 heteroatoms. The Bertz CT molecular complexity index is 1090. The Morgan fingerprint density at radius 1 is 1.12 bits per heavy atom. The first-order chi connectivity index (χ1) is 15.7. The van der Waals surface area contributed by atoms with Gasteiger partial charge in [-0.1, -0.05) is 24.3 Å². The monoisotopic (exact) mass is 430 g/mol. The number of fused-ring (bicyclic) bond motifs is 3. The lowest BCUT2D eigenvalue weighted by molar-refractivity contribution is -0.121. The molecule has 2 aliphatic rings. The fourth-order valence-electron chi connectivity index (χ4n) is 4.92. The highest BCUT2D eigenvalue weighted by molar-refractivity contribution is 5.77. The fourth-order valence-corrected chi connectivity index (χ4v) is 4.92. The third-order valence-corrected chi connectivity index (χ3v) is 6.58. The second kappa shape index (κ2) is 9.21. The van der Waals surface area contributed by atoms with Gasteiger partial charge in [-0.05, 0) is 73.6 Å². The molecule has 0 saturated carbocycles. The average molecular weight is 431 g/mol. The van der Waals surface area contributed by atoms with E-state index in [0.717, 1.165) is 43.7 Å². The molecule has 166 valence electrons. The first kappa shape index (κ1) is 20.8. The minimum Gasteiger partial charge on any atom is -0.497 e. The molecular weight excluding hydrogens is 400 g/mol. The summed E-state index contributed by atoms with van der Waals surface area (Å²) in [5, 5.41) is 3.06. The van der Waals surface area contributed by atoms with E-state index >= 15 is 0 Å². The minimum atomic E-state index is 0.0846. The number of benzene rings is 2. The SMILES string of the molecule is COc1ccc(-n2c(CCC(=O)NCC3CCCO3)cc3c2-c2ccccc2CC3)cc1. The number of ether oxygens (including phenoxy) is 2. The minimum absolute atomic E-state index is 0.0846. The van der Waals surface area contributed by atoms with Crippen molar-refractivity contribution < 1.29 is 14.3 Å². The Balaban J connectivity index is 1.43. The highest BCUT2D eigenvalue weighted by atomic mass is 16.5. The summed E-state index contributed by atoms with van der Waals surface area (Å²) < 4.78 is 13.3. The maximum absolute atomic E-state index is 12.6. The van der Waals surface area contributed by atoms with Crippen LogP contribution in [0.25, 0.3) is 16.9 Å². The first-order valence-corrected chi connectivity index (χ1v) is 11.6. The summed E-state index contributed by atoms with van der Waals surface area (Å²) in [6, 6.07) is 19.1. The second-order valence-electron chi connectivity index (χ2n) is 8.64. The van der Waals surface area contributed by atoms with Gasteiger partial charge in [-0.2, -0.15) is 0 Å². The Kier molecular flexibility index (Phi) is 5.99. The van der Waals surface area contributed by atoms with Gasteiger partial charge < -0.3 is 19.4 Å². The Morgan fingerprint density at radius 2 is 1.94 bits per heavy atom. The summed E-state index contributed by atoms with van der Waals surface area (Å²) >= 11 is 0. The molecule has 2 heterocycles. The number of aromatic nitrogens is 1. The zero-order valence-electron chi connectivity index (χ0n) is 18.6. The lowest BCUT2D eigenvalue weighted by atomic mass is 9.90. The molecule has 1 N–H and O–H groups in total. The number of hydrogen-bond acceptors (Lipinski definition) is 3. The Morgan fingerprint density at radius 3 is 2.72 bits per heavy atom. The predicted octanol–water partition coefficient (Wildman–Crippen LogP) is 4.48. The largest absolute Gasteiger partial charge is 0.497 e. The molecule has 32 heavy (non-hydrogen) atoms. The molecule has 1 aliphatic heterocycles. The second-order valence-corrected chi connectivity index (χ2v) is 8.64. The van der Waals surface area contributed by atoms with Crippen molar-refractivity contribution in [1.82, 2.24) is 9.88 Å². The quantitative estimate of drug-likeness (QED) is 0.601. The van der Waals surface area contributed by atoms with Crippen LogP contribution >= 0.6 is 0 Å². The van der Waals surface area contributed by atoms with Crippen LogP contribution < -0.4 is 10.1 Å². The van der Waals surface area contributed by atoms with Gasteiger partial charge in [0.05, 0.1) is 18.9 Å². The van der Waals surface area contributed by atoms with E-state index in [2.05, 4.69) is 52.3 Å². The van der Waals surface area contributed by atoms with Gasteiger partial charge in [-0.3, -0.25) is 4.79 Å². The predicted molar refractivity (Wildman–Crippen MR) is 125 cm³/mol. The molecule has 1 atom stereocenters. The molecule has 1 amide bonds. The van der Waals surface area contributed by atoms with Gasteiger partial charge in [0.15, 0.2) is 0 Å². The number of carbonyl (C=O) groups excluding carboxylic acids is 1. The number of carbonyl (C=O) groups is 1.